The predicted molar refractivity (Wildman–Crippen MR) is 115 cm³/mol. The molecule has 2 aromatic rings. The van der Waals surface area contributed by atoms with Gasteiger partial charge in [0.2, 0.25) is 0 Å². The minimum Gasteiger partial charge on any atom is -0.481 e. The van der Waals surface area contributed by atoms with Crippen molar-refractivity contribution >= 4 is 16.9 Å². The summed E-state index contributed by atoms with van der Waals surface area (Å²) in [5.74, 6) is 0.134. The van der Waals surface area contributed by atoms with E-state index >= 15 is 0 Å². The number of carbonyl (C=O) groups is 1. The Bertz CT molecular complexity index is 589. The highest BCUT2D eigenvalue weighted by Crippen LogP contribution is 2.20. The molecule has 0 saturated carbocycles. The Morgan fingerprint density at radius 3 is 2.08 bits per heavy atom. The molecule has 0 bridgehead atoms. The van der Waals surface area contributed by atoms with Crippen molar-refractivity contribution in [3.8, 4) is 0 Å². The maximum Gasteiger partial charge on any atom is 0.305 e. The van der Waals surface area contributed by atoms with E-state index in [9.17, 15) is 4.79 Å². The number of carboxylic acid groups (broad SMARTS) is 1. The molecule has 26 heavy (non-hydrogen) atoms. The van der Waals surface area contributed by atoms with Crippen molar-refractivity contribution in [3.63, 3.8) is 0 Å². The smallest absolute Gasteiger partial charge is 0.305 e. The molecule has 0 aliphatic rings. The summed E-state index contributed by atoms with van der Waals surface area (Å²) in [4.78, 5) is 10.6. The second-order valence-corrected chi connectivity index (χ2v) is 6.15. The molecule has 0 fully saturated rings. The fraction of sp³-hybridized carbons (Fsp3) is 0.591. The zero-order valence-corrected chi connectivity index (χ0v) is 18.1. The molecule has 4 nitrogen and oxygen atoms in total. The molecule has 2 N–H and O–H groups in total. The van der Waals surface area contributed by atoms with Gasteiger partial charge in [-0.05, 0) is 44.0 Å². The first-order valence-corrected chi connectivity index (χ1v) is 9.78. The van der Waals surface area contributed by atoms with Gasteiger partial charge in [0.05, 0.1) is 6.42 Å². The number of nitrogens with zero attached hydrogens (tertiary/aromatic N) is 1. The van der Waals surface area contributed by atoms with E-state index in [4.69, 9.17) is 5.11 Å². The van der Waals surface area contributed by atoms with E-state index in [2.05, 4.69) is 49.7 Å². The third-order valence-electron chi connectivity index (χ3n) is 3.62. The molecule has 0 spiro atoms. The molecule has 0 aliphatic heterocycles. The van der Waals surface area contributed by atoms with Crippen LogP contribution in [0.3, 0.4) is 0 Å². The molecule has 1 aromatic heterocycles. The Hall–Kier alpha value is -1.81. The van der Waals surface area contributed by atoms with E-state index in [-0.39, 0.29) is 6.42 Å². The first-order chi connectivity index (χ1) is 12.4. The molecule has 2 rings (SSSR count). The third kappa shape index (κ3) is 10.9. The lowest BCUT2D eigenvalue weighted by atomic mass is 10.2. The van der Waals surface area contributed by atoms with Crippen molar-refractivity contribution < 1.29 is 9.90 Å². The largest absolute Gasteiger partial charge is 0.481 e. The summed E-state index contributed by atoms with van der Waals surface area (Å²) < 4.78 is 2.10. The highest BCUT2D eigenvalue weighted by Gasteiger charge is 2.07. The predicted octanol–water partition coefficient (Wildman–Crippen LogP) is 5.59. The van der Waals surface area contributed by atoms with Gasteiger partial charge in [-0.2, -0.15) is 0 Å². The number of aromatic nitrogens is 1. The van der Waals surface area contributed by atoms with E-state index in [0.29, 0.717) is 6.54 Å². The van der Waals surface area contributed by atoms with Crippen molar-refractivity contribution in [1.29, 1.82) is 0 Å². The number of benzene rings is 1. The zero-order valence-electron chi connectivity index (χ0n) is 18.1. The van der Waals surface area contributed by atoms with Gasteiger partial charge < -0.3 is 15.0 Å². The molecule has 0 atom stereocenters. The van der Waals surface area contributed by atoms with Gasteiger partial charge in [-0.25, -0.2) is 0 Å². The molecule has 0 radical (unpaired) electrons. The van der Waals surface area contributed by atoms with Crippen LogP contribution >= 0.6 is 0 Å². The number of rotatable bonds is 5. The highest BCUT2D eigenvalue weighted by atomic mass is 16.4. The molecule has 0 aliphatic carbocycles. The minimum absolute atomic E-state index is 0.172. The Balaban J connectivity index is 0. The van der Waals surface area contributed by atoms with Crippen molar-refractivity contribution in [2.24, 2.45) is 5.92 Å². The van der Waals surface area contributed by atoms with Gasteiger partial charge in [-0.15, -0.1) is 0 Å². The van der Waals surface area contributed by atoms with Gasteiger partial charge in [-0.3, -0.25) is 4.79 Å². The number of aliphatic carboxylic acids is 1. The van der Waals surface area contributed by atoms with Gasteiger partial charge >= 0.3 is 5.97 Å². The Labute approximate surface area is 160 Å². The normalized spacial score (nSPS) is 9.42. The average Bonchev–Trinajstić information content (AvgIpc) is 3.00. The van der Waals surface area contributed by atoms with Crippen LogP contribution in [0.2, 0.25) is 0 Å². The van der Waals surface area contributed by atoms with Crippen LogP contribution in [0.4, 0.5) is 0 Å². The van der Waals surface area contributed by atoms with Crippen LogP contribution in [0, 0.1) is 5.92 Å². The lowest BCUT2D eigenvalue weighted by Gasteiger charge is -2.07. The average molecular weight is 365 g/mol. The Kier molecular flexibility index (Phi) is 16.9. The zero-order chi connectivity index (χ0) is 20.5. The lowest BCUT2D eigenvalue weighted by molar-refractivity contribution is -0.137. The van der Waals surface area contributed by atoms with Gasteiger partial charge in [0.25, 0.3) is 0 Å². The van der Waals surface area contributed by atoms with E-state index in [1.807, 2.05) is 46.1 Å². The Morgan fingerprint density at radius 2 is 1.65 bits per heavy atom. The minimum atomic E-state index is -0.750. The van der Waals surface area contributed by atoms with Crippen molar-refractivity contribution in [2.45, 2.75) is 67.3 Å². The molecular weight excluding hydrogens is 324 g/mol. The van der Waals surface area contributed by atoms with Gasteiger partial charge in [-0.1, -0.05) is 66.2 Å². The molecule has 0 unspecified atom stereocenters. The highest BCUT2D eigenvalue weighted by molar-refractivity contribution is 5.81. The SMILES string of the molecule is CC.CCC(C)C.CCc1cc2ccccc2n1CCC(=O)O.CNC. The fourth-order valence-electron chi connectivity index (χ4n) is 2.03. The van der Waals surface area contributed by atoms with E-state index in [1.165, 1.54) is 17.5 Å². The summed E-state index contributed by atoms with van der Waals surface area (Å²) in [5.41, 5.74) is 2.32. The van der Waals surface area contributed by atoms with Gasteiger partial charge in [0.1, 0.15) is 0 Å². The quantitative estimate of drug-likeness (QED) is 0.727. The molecule has 150 valence electrons. The molecule has 1 aromatic carbocycles. The topological polar surface area (TPSA) is 54.3 Å². The van der Waals surface area contributed by atoms with Crippen molar-refractivity contribution in [1.82, 2.24) is 9.88 Å². The van der Waals surface area contributed by atoms with Crippen LogP contribution < -0.4 is 5.32 Å². The molecule has 0 saturated heterocycles. The monoisotopic (exact) mass is 364 g/mol. The van der Waals surface area contributed by atoms with E-state index in [1.54, 1.807) is 0 Å². The standard InChI is InChI=1S/C13H15NO2.C5H12.C2H7N.C2H6/c1-2-11-9-10-5-3-4-6-12(10)14(11)8-7-13(15)16;1-4-5(2)3;1-3-2;1-2/h3-6,9H,2,7-8H2,1H3,(H,15,16);5H,4H2,1-3H3;3H,1-2H3;1-2H3. The number of carboxylic acids is 1. The van der Waals surface area contributed by atoms with Crippen LogP contribution in [0.1, 0.15) is 60.1 Å². The number of fused-ring (bicyclic) bond motifs is 1. The molecular formula is C22H40N2O2. The van der Waals surface area contributed by atoms with Crippen LogP contribution in [-0.4, -0.2) is 29.7 Å². The second-order valence-electron chi connectivity index (χ2n) is 6.15. The summed E-state index contributed by atoms with van der Waals surface area (Å²) in [6, 6.07) is 10.2. The third-order valence-corrected chi connectivity index (χ3v) is 3.62. The van der Waals surface area contributed by atoms with Gasteiger partial charge in [0.15, 0.2) is 0 Å². The van der Waals surface area contributed by atoms with Gasteiger partial charge in [0, 0.05) is 17.8 Å². The van der Waals surface area contributed by atoms with Crippen molar-refractivity contribution in [2.75, 3.05) is 14.1 Å². The number of para-hydroxylation sites is 1. The number of hydrogen-bond acceptors (Lipinski definition) is 2. The van der Waals surface area contributed by atoms with Crippen LogP contribution in [0.5, 0.6) is 0 Å². The fourth-order valence-corrected chi connectivity index (χ4v) is 2.03. The van der Waals surface area contributed by atoms with Crippen LogP contribution in [-0.2, 0) is 17.8 Å². The van der Waals surface area contributed by atoms with Crippen LogP contribution in [0.25, 0.3) is 10.9 Å². The van der Waals surface area contributed by atoms with E-state index < -0.39 is 5.97 Å². The first kappa shape index (κ1) is 26.4. The summed E-state index contributed by atoms with van der Waals surface area (Å²) in [6.45, 7) is 13.3. The summed E-state index contributed by atoms with van der Waals surface area (Å²) >= 11 is 0. The maximum absolute atomic E-state index is 10.6. The number of aryl methyl sites for hydroxylation is 2. The van der Waals surface area contributed by atoms with Crippen molar-refractivity contribution in [3.05, 3.63) is 36.0 Å². The molecule has 4 heteroatoms. The summed E-state index contributed by atoms with van der Waals surface area (Å²) in [5, 5.41) is 12.7. The molecule has 0 amide bonds. The maximum atomic E-state index is 10.6. The number of nitrogens with one attached hydrogen (secondary N) is 1. The summed E-state index contributed by atoms with van der Waals surface area (Å²) in [7, 11) is 3.75. The molecule has 1 heterocycles. The number of hydrogen-bond donors (Lipinski definition) is 2. The lowest BCUT2D eigenvalue weighted by Crippen LogP contribution is -2.06. The van der Waals surface area contributed by atoms with Crippen LogP contribution in [0.15, 0.2) is 30.3 Å². The van der Waals surface area contributed by atoms with E-state index in [0.717, 1.165) is 17.9 Å². The summed E-state index contributed by atoms with van der Waals surface area (Å²) in [6.07, 6.45) is 2.40. The second kappa shape index (κ2) is 16.6. The first-order valence-electron chi connectivity index (χ1n) is 9.78. The Morgan fingerprint density at radius 1 is 1.15 bits per heavy atom.